The summed E-state index contributed by atoms with van der Waals surface area (Å²) in [6.45, 7) is 4.10. The zero-order valence-corrected chi connectivity index (χ0v) is 14.6. The standard InChI is InChI=1S/C16H18F3N5O3/c1-10(2)8-23(6-5-14(25)26)15(27)12-9-24(22-21-12)13-4-3-11(7-20-13)16(17,18)19/h3-4,7,9-10H,5-6,8H2,1-2H3,(H,25,26). The fourth-order valence-electron chi connectivity index (χ4n) is 2.27. The smallest absolute Gasteiger partial charge is 0.417 e. The summed E-state index contributed by atoms with van der Waals surface area (Å²) in [6.07, 6.45) is -2.81. The number of carbonyl (C=O) groups is 2. The van der Waals surface area contributed by atoms with E-state index in [1.165, 1.54) is 11.1 Å². The highest BCUT2D eigenvalue weighted by Gasteiger charge is 2.30. The van der Waals surface area contributed by atoms with Crippen molar-refractivity contribution in [1.29, 1.82) is 0 Å². The summed E-state index contributed by atoms with van der Waals surface area (Å²) in [4.78, 5) is 28.4. The van der Waals surface area contributed by atoms with E-state index in [9.17, 15) is 22.8 Å². The summed E-state index contributed by atoms with van der Waals surface area (Å²) in [7, 11) is 0. The van der Waals surface area contributed by atoms with Crippen molar-refractivity contribution in [3.63, 3.8) is 0 Å². The third kappa shape index (κ3) is 5.50. The maximum absolute atomic E-state index is 12.6. The van der Waals surface area contributed by atoms with E-state index in [1.54, 1.807) is 0 Å². The van der Waals surface area contributed by atoms with Crippen LogP contribution in [0.2, 0.25) is 0 Å². The van der Waals surface area contributed by atoms with Crippen molar-refractivity contribution in [3.05, 3.63) is 35.8 Å². The number of amides is 1. The van der Waals surface area contributed by atoms with Gasteiger partial charge >= 0.3 is 12.1 Å². The molecule has 1 N–H and O–H groups in total. The van der Waals surface area contributed by atoms with Crippen molar-refractivity contribution in [2.45, 2.75) is 26.4 Å². The molecule has 0 aliphatic heterocycles. The van der Waals surface area contributed by atoms with E-state index < -0.39 is 23.6 Å². The Morgan fingerprint density at radius 1 is 1.30 bits per heavy atom. The molecule has 1 amide bonds. The van der Waals surface area contributed by atoms with Crippen molar-refractivity contribution in [3.8, 4) is 5.82 Å². The van der Waals surface area contributed by atoms with Crippen LogP contribution < -0.4 is 0 Å². The van der Waals surface area contributed by atoms with E-state index in [0.717, 1.165) is 16.8 Å². The number of aliphatic carboxylic acids is 1. The molecule has 0 aromatic carbocycles. The number of carbonyl (C=O) groups excluding carboxylic acids is 1. The number of carboxylic acid groups (broad SMARTS) is 1. The van der Waals surface area contributed by atoms with Crippen molar-refractivity contribution < 1.29 is 27.9 Å². The third-order valence-electron chi connectivity index (χ3n) is 3.49. The second-order valence-electron chi connectivity index (χ2n) is 6.24. The highest BCUT2D eigenvalue weighted by atomic mass is 19.4. The lowest BCUT2D eigenvalue weighted by molar-refractivity contribution is -0.138. The third-order valence-corrected chi connectivity index (χ3v) is 3.49. The average molecular weight is 385 g/mol. The number of nitrogens with zero attached hydrogens (tertiary/aromatic N) is 5. The monoisotopic (exact) mass is 385 g/mol. The lowest BCUT2D eigenvalue weighted by Gasteiger charge is -2.22. The number of carboxylic acids is 1. The van der Waals surface area contributed by atoms with Crippen molar-refractivity contribution in [2.24, 2.45) is 5.92 Å². The molecule has 0 bridgehead atoms. The minimum Gasteiger partial charge on any atom is -0.481 e. The van der Waals surface area contributed by atoms with Gasteiger partial charge in [-0.3, -0.25) is 9.59 Å². The molecular formula is C16H18F3N5O3. The van der Waals surface area contributed by atoms with Crippen LogP contribution in [0.4, 0.5) is 13.2 Å². The Hall–Kier alpha value is -2.98. The predicted octanol–water partition coefficient (Wildman–Crippen LogP) is 2.25. The van der Waals surface area contributed by atoms with Crippen LogP contribution in [-0.4, -0.2) is 55.0 Å². The molecule has 2 rings (SSSR count). The second-order valence-corrected chi connectivity index (χ2v) is 6.24. The Morgan fingerprint density at radius 3 is 2.52 bits per heavy atom. The molecule has 0 fully saturated rings. The zero-order valence-electron chi connectivity index (χ0n) is 14.6. The topological polar surface area (TPSA) is 101 Å². The molecule has 2 heterocycles. The van der Waals surface area contributed by atoms with Gasteiger partial charge in [0.05, 0.1) is 18.2 Å². The Morgan fingerprint density at radius 2 is 2.00 bits per heavy atom. The summed E-state index contributed by atoms with van der Waals surface area (Å²) in [5.41, 5.74) is -0.956. The van der Waals surface area contributed by atoms with Gasteiger partial charge in [0.15, 0.2) is 11.5 Å². The molecule has 8 nitrogen and oxygen atoms in total. The van der Waals surface area contributed by atoms with Crippen molar-refractivity contribution in [2.75, 3.05) is 13.1 Å². The molecule has 2 aromatic heterocycles. The van der Waals surface area contributed by atoms with Crippen LogP contribution in [0.15, 0.2) is 24.5 Å². The molecule has 2 aromatic rings. The van der Waals surface area contributed by atoms with Crippen LogP contribution >= 0.6 is 0 Å². The van der Waals surface area contributed by atoms with Gasteiger partial charge in [-0.15, -0.1) is 5.10 Å². The Bertz CT molecular complexity index is 802. The van der Waals surface area contributed by atoms with Gasteiger partial charge in [0.2, 0.25) is 0 Å². The van der Waals surface area contributed by atoms with Crippen LogP contribution in [-0.2, 0) is 11.0 Å². The van der Waals surface area contributed by atoms with Crippen LogP contribution in [0.3, 0.4) is 0 Å². The molecule has 0 aliphatic carbocycles. The summed E-state index contributed by atoms with van der Waals surface area (Å²) < 4.78 is 38.8. The largest absolute Gasteiger partial charge is 0.481 e. The van der Waals surface area contributed by atoms with Gasteiger partial charge in [0.1, 0.15) is 0 Å². The normalized spacial score (nSPS) is 11.6. The van der Waals surface area contributed by atoms with Crippen LogP contribution in [0.5, 0.6) is 0 Å². The lowest BCUT2D eigenvalue weighted by Crippen LogP contribution is -2.36. The first-order chi connectivity index (χ1) is 12.6. The van der Waals surface area contributed by atoms with Gasteiger partial charge in [0.25, 0.3) is 5.91 Å². The van der Waals surface area contributed by atoms with Crippen molar-refractivity contribution >= 4 is 11.9 Å². The Balaban J connectivity index is 2.19. The van der Waals surface area contributed by atoms with Gasteiger partial charge in [-0.2, -0.15) is 13.2 Å². The predicted molar refractivity (Wildman–Crippen MR) is 87.2 cm³/mol. The van der Waals surface area contributed by atoms with Gasteiger partial charge < -0.3 is 10.0 Å². The first-order valence-electron chi connectivity index (χ1n) is 8.05. The van der Waals surface area contributed by atoms with Gasteiger partial charge in [-0.05, 0) is 18.1 Å². The quantitative estimate of drug-likeness (QED) is 0.785. The van der Waals surface area contributed by atoms with Gasteiger partial charge in [-0.25, -0.2) is 9.67 Å². The summed E-state index contributed by atoms with van der Waals surface area (Å²) in [5.74, 6) is -1.37. The van der Waals surface area contributed by atoms with E-state index in [2.05, 4.69) is 15.3 Å². The molecule has 0 radical (unpaired) electrons. The van der Waals surface area contributed by atoms with E-state index in [1.807, 2.05) is 13.8 Å². The lowest BCUT2D eigenvalue weighted by atomic mass is 10.2. The van der Waals surface area contributed by atoms with E-state index in [-0.39, 0.29) is 30.4 Å². The summed E-state index contributed by atoms with van der Waals surface area (Å²) in [6, 6.07) is 1.96. The molecule has 0 aliphatic rings. The molecule has 11 heteroatoms. The van der Waals surface area contributed by atoms with Crippen LogP contribution in [0, 0.1) is 5.92 Å². The number of pyridine rings is 1. The maximum Gasteiger partial charge on any atom is 0.417 e. The highest BCUT2D eigenvalue weighted by molar-refractivity contribution is 5.92. The molecule has 0 spiro atoms. The number of halogens is 3. The maximum atomic E-state index is 12.6. The second kappa shape index (κ2) is 8.14. The SMILES string of the molecule is CC(C)CN(CCC(=O)O)C(=O)c1cn(-c2ccc(C(F)(F)F)cn2)nn1. The first-order valence-corrected chi connectivity index (χ1v) is 8.05. The van der Waals surface area contributed by atoms with Gasteiger partial charge in [0, 0.05) is 19.3 Å². The number of hydrogen-bond donors (Lipinski definition) is 1. The van der Waals surface area contributed by atoms with Crippen LogP contribution in [0.25, 0.3) is 5.82 Å². The number of alkyl halides is 3. The Kier molecular flexibility index (Phi) is 6.13. The molecule has 0 saturated carbocycles. The molecule has 0 unspecified atom stereocenters. The molecule has 27 heavy (non-hydrogen) atoms. The highest BCUT2D eigenvalue weighted by Crippen LogP contribution is 2.28. The summed E-state index contributed by atoms with van der Waals surface area (Å²) in [5, 5.41) is 16.3. The molecule has 146 valence electrons. The fraction of sp³-hybridized carbons (Fsp3) is 0.438. The van der Waals surface area contributed by atoms with E-state index in [4.69, 9.17) is 5.11 Å². The van der Waals surface area contributed by atoms with E-state index in [0.29, 0.717) is 12.7 Å². The van der Waals surface area contributed by atoms with Crippen molar-refractivity contribution in [1.82, 2.24) is 24.9 Å². The molecule has 0 atom stereocenters. The fourth-order valence-corrected chi connectivity index (χ4v) is 2.27. The van der Waals surface area contributed by atoms with Crippen LogP contribution in [0.1, 0.15) is 36.3 Å². The van der Waals surface area contributed by atoms with E-state index >= 15 is 0 Å². The average Bonchev–Trinajstić information content (AvgIpc) is 3.07. The number of rotatable bonds is 7. The minimum absolute atomic E-state index is 0.0116. The minimum atomic E-state index is -4.50. The summed E-state index contributed by atoms with van der Waals surface area (Å²) >= 11 is 0. The first kappa shape index (κ1) is 20.3. The Labute approximate surface area is 152 Å². The van der Waals surface area contributed by atoms with Gasteiger partial charge in [-0.1, -0.05) is 19.1 Å². The number of hydrogen-bond acceptors (Lipinski definition) is 5. The molecule has 0 saturated heterocycles. The number of aromatic nitrogens is 4. The zero-order chi connectivity index (χ0) is 20.2. The molecular weight excluding hydrogens is 367 g/mol.